The minimum absolute atomic E-state index is 0.127. The molecule has 2 aromatic carbocycles. The summed E-state index contributed by atoms with van der Waals surface area (Å²) in [7, 11) is 0. The minimum Gasteiger partial charge on any atom is -0.455 e. The van der Waals surface area contributed by atoms with Gasteiger partial charge in [-0.2, -0.15) is 5.26 Å². The summed E-state index contributed by atoms with van der Waals surface area (Å²) in [4.78, 5) is 26.4. The van der Waals surface area contributed by atoms with E-state index < -0.39 is 11.9 Å². The summed E-state index contributed by atoms with van der Waals surface area (Å²) >= 11 is 2.83. The molecule has 7 heteroatoms. The molecule has 0 saturated carbocycles. The maximum atomic E-state index is 12.2. The van der Waals surface area contributed by atoms with Crippen LogP contribution in [-0.2, 0) is 27.2 Å². The fourth-order valence-corrected chi connectivity index (χ4v) is 5.52. The number of carbonyl (C=O) groups is 2. The Morgan fingerprint density at radius 3 is 2.77 bits per heavy atom. The fourth-order valence-electron chi connectivity index (χ4n) is 3.52. The molecule has 0 atom stereocenters. The van der Waals surface area contributed by atoms with Crippen LogP contribution < -0.4 is 5.32 Å². The minimum atomic E-state index is -0.450. The highest BCUT2D eigenvalue weighted by Crippen LogP contribution is 2.37. The molecule has 0 aliphatic heterocycles. The first-order valence-electron chi connectivity index (χ1n) is 9.76. The molecule has 0 radical (unpaired) electrons. The van der Waals surface area contributed by atoms with Crippen LogP contribution in [0.2, 0.25) is 0 Å². The summed E-state index contributed by atoms with van der Waals surface area (Å²) in [6.45, 7) is -0.357. The van der Waals surface area contributed by atoms with Gasteiger partial charge in [-0.3, -0.25) is 9.59 Å². The lowest BCUT2D eigenvalue weighted by Crippen LogP contribution is -2.21. The second-order valence-electron chi connectivity index (χ2n) is 7.03. The number of rotatable bonds is 6. The predicted molar refractivity (Wildman–Crippen MR) is 120 cm³/mol. The van der Waals surface area contributed by atoms with Gasteiger partial charge in [0.2, 0.25) is 0 Å². The number of thioether (sulfide) groups is 1. The smallest absolute Gasteiger partial charge is 0.316 e. The molecule has 1 N–H and O–H groups in total. The maximum Gasteiger partial charge on any atom is 0.316 e. The number of hydrogen-bond donors (Lipinski definition) is 1. The Labute approximate surface area is 183 Å². The lowest BCUT2D eigenvalue weighted by Gasteiger charge is -2.09. The van der Waals surface area contributed by atoms with Crippen molar-refractivity contribution in [2.75, 3.05) is 17.7 Å². The van der Waals surface area contributed by atoms with Gasteiger partial charge in [-0.15, -0.1) is 23.1 Å². The van der Waals surface area contributed by atoms with E-state index in [-0.39, 0.29) is 12.4 Å². The van der Waals surface area contributed by atoms with Gasteiger partial charge in [0, 0.05) is 9.77 Å². The number of nitrogens with one attached hydrogen (secondary N) is 1. The number of nitrogens with zero attached hydrogens (tertiary/aromatic N) is 1. The Hall–Kier alpha value is -2.82. The summed E-state index contributed by atoms with van der Waals surface area (Å²) in [6.07, 6.45) is 4.01. The molecule has 0 bridgehead atoms. The van der Waals surface area contributed by atoms with E-state index >= 15 is 0 Å². The topological polar surface area (TPSA) is 79.2 Å². The van der Waals surface area contributed by atoms with Crippen LogP contribution in [0.15, 0.2) is 47.4 Å². The zero-order valence-electron chi connectivity index (χ0n) is 16.3. The number of anilines is 1. The van der Waals surface area contributed by atoms with Crippen LogP contribution in [0.3, 0.4) is 0 Å². The van der Waals surface area contributed by atoms with E-state index in [4.69, 9.17) is 4.74 Å². The van der Waals surface area contributed by atoms with E-state index in [1.165, 1.54) is 28.0 Å². The van der Waals surface area contributed by atoms with E-state index in [1.54, 1.807) is 0 Å². The van der Waals surface area contributed by atoms with Gasteiger partial charge in [0.25, 0.3) is 5.91 Å². The van der Waals surface area contributed by atoms with E-state index in [0.717, 1.165) is 46.9 Å². The molecular formula is C23H20N2O3S2. The van der Waals surface area contributed by atoms with E-state index in [1.807, 2.05) is 42.5 Å². The number of hydrogen-bond acceptors (Lipinski definition) is 6. The Bertz CT molecular complexity index is 1150. The number of benzene rings is 2. The molecule has 1 aromatic heterocycles. The Morgan fingerprint density at radius 1 is 1.13 bits per heavy atom. The molecule has 3 aromatic rings. The average molecular weight is 437 g/mol. The third kappa shape index (κ3) is 4.66. The lowest BCUT2D eigenvalue weighted by molar-refractivity contribution is -0.144. The quantitative estimate of drug-likeness (QED) is 0.438. The molecule has 4 rings (SSSR count). The second kappa shape index (κ2) is 9.33. The van der Waals surface area contributed by atoms with Gasteiger partial charge in [0.1, 0.15) is 11.1 Å². The summed E-state index contributed by atoms with van der Waals surface area (Å²) in [5.74, 6) is -0.744. The van der Waals surface area contributed by atoms with Crippen molar-refractivity contribution < 1.29 is 14.3 Å². The molecule has 1 amide bonds. The van der Waals surface area contributed by atoms with Crippen LogP contribution in [0.1, 0.15) is 28.8 Å². The largest absolute Gasteiger partial charge is 0.455 e. The molecule has 0 spiro atoms. The number of ether oxygens (including phenoxy) is 1. The van der Waals surface area contributed by atoms with Crippen LogP contribution in [0.5, 0.6) is 0 Å². The summed E-state index contributed by atoms with van der Waals surface area (Å²) in [5, 5.41) is 15.0. The van der Waals surface area contributed by atoms with Crippen molar-refractivity contribution in [2.45, 2.75) is 30.6 Å². The first-order chi connectivity index (χ1) is 14.6. The zero-order valence-corrected chi connectivity index (χ0v) is 17.9. The van der Waals surface area contributed by atoms with Gasteiger partial charge in [0.05, 0.1) is 11.3 Å². The number of amides is 1. The van der Waals surface area contributed by atoms with Crippen molar-refractivity contribution >= 4 is 50.7 Å². The van der Waals surface area contributed by atoms with Crippen molar-refractivity contribution in [3.05, 3.63) is 58.5 Å². The van der Waals surface area contributed by atoms with Crippen molar-refractivity contribution in [1.29, 1.82) is 5.26 Å². The molecule has 0 unspecified atom stereocenters. The molecule has 0 fully saturated rings. The van der Waals surface area contributed by atoms with Gasteiger partial charge in [0.15, 0.2) is 6.61 Å². The first-order valence-corrected chi connectivity index (χ1v) is 11.6. The van der Waals surface area contributed by atoms with E-state index in [2.05, 4.69) is 11.4 Å². The van der Waals surface area contributed by atoms with Crippen molar-refractivity contribution in [2.24, 2.45) is 0 Å². The molecular weight excluding hydrogens is 416 g/mol. The third-order valence-electron chi connectivity index (χ3n) is 4.98. The highest BCUT2D eigenvalue weighted by molar-refractivity contribution is 8.00. The Morgan fingerprint density at radius 2 is 1.93 bits per heavy atom. The number of nitriles is 1. The highest BCUT2D eigenvalue weighted by atomic mass is 32.2. The molecule has 1 aliphatic carbocycles. The summed E-state index contributed by atoms with van der Waals surface area (Å²) in [6, 6.07) is 16.3. The number of thiophene rings is 1. The molecule has 1 heterocycles. The van der Waals surface area contributed by atoms with Crippen LogP contribution in [-0.4, -0.2) is 24.2 Å². The van der Waals surface area contributed by atoms with Crippen LogP contribution in [0.4, 0.5) is 5.00 Å². The van der Waals surface area contributed by atoms with Crippen LogP contribution in [0.25, 0.3) is 10.8 Å². The molecule has 1 aliphatic rings. The van der Waals surface area contributed by atoms with Gasteiger partial charge >= 0.3 is 5.97 Å². The number of esters is 1. The summed E-state index contributed by atoms with van der Waals surface area (Å²) < 4.78 is 5.11. The maximum absolute atomic E-state index is 12.2. The van der Waals surface area contributed by atoms with Crippen LogP contribution >= 0.6 is 23.1 Å². The number of fused-ring (bicyclic) bond motifs is 2. The fraction of sp³-hybridized carbons (Fsp3) is 0.261. The van der Waals surface area contributed by atoms with Crippen molar-refractivity contribution in [3.63, 3.8) is 0 Å². The van der Waals surface area contributed by atoms with Gasteiger partial charge in [-0.1, -0.05) is 30.3 Å². The molecule has 152 valence electrons. The van der Waals surface area contributed by atoms with E-state index in [9.17, 15) is 14.9 Å². The molecule has 5 nitrogen and oxygen atoms in total. The van der Waals surface area contributed by atoms with E-state index in [0.29, 0.717) is 10.6 Å². The van der Waals surface area contributed by atoms with Crippen LogP contribution in [0, 0.1) is 11.3 Å². The SMILES string of the molecule is N#Cc1c(NC(=O)COC(=O)CSc2ccc3ccccc3c2)sc2c1CCCC2. The van der Waals surface area contributed by atoms with Gasteiger partial charge in [-0.25, -0.2) is 0 Å². The average Bonchev–Trinajstić information content (AvgIpc) is 3.12. The first kappa shape index (κ1) is 20.5. The third-order valence-corrected chi connectivity index (χ3v) is 7.15. The zero-order chi connectivity index (χ0) is 20.9. The number of aryl methyl sites for hydroxylation is 1. The second-order valence-corrected chi connectivity index (χ2v) is 9.19. The predicted octanol–water partition coefficient (Wildman–Crippen LogP) is 4.93. The summed E-state index contributed by atoms with van der Waals surface area (Å²) in [5.41, 5.74) is 1.62. The number of carbonyl (C=O) groups excluding carboxylic acids is 2. The van der Waals surface area contributed by atoms with Gasteiger partial charge in [-0.05, 0) is 54.2 Å². The van der Waals surface area contributed by atoms with Crippen molar-refractivity contribution in [3.8, 4) is 6.07 Å². The van der Waals surface area contributed by atoms with Crippen molar-refractivity contribution in [1.82, 2.24) is 0 Å². The molecule has 30 heavy (non-hydrogen) atoms. The Kier molecular flexibility index (Phi) is 6.36. The monoisotopic (exact) mass is 436 g/mol. The standard InChI is InChI=1S/C23H20N2O3S2/c24-12-19-18-7-3-4-8-20(18)30-23(19)25-21(26)13-28-22(27)14-29-17-10-9-15-5-1-2-6-16(15)11-17/h1-2,5-6,9-11H,3-4,7-8,13-14H2,(H,25,26). The lowest BCUT2D eigenvalue weighted by atomic mass is 9.96. The molecule has 0 saturated heterocycles. The normalized spacial score (nSPS) is 12.8. The highest BCUT2D eigenvalue weighted by Gasteiger charge is 2.22. The Balaban J connectivity index is 1.28. The van der Waals surface area contributed by atoms with Gasteiger partial charge < -0.3 is 10.1 Å².